The summed E-state index contributed by atoms with van der Waals surface area (Å²) in [5, 5.41) is 9.54. The van der Waals surface area contributed by atoms with Crippen molar-refractivity contribution >= 4 is 0 Å². The number of hydrogen-bond donors (Lipinski definition) is 1. The van der Waals surface area contributed by atoms with E-state index in [0.717, 1.165) is 12.8 Å². The van der Waals surface area contributed by atoms with Crippen LogP contribution in [0, 0.1) is 11.8 Å². The third-order valence-electron chi connectivity index (χ3n) is 3.62. The Hall–Kier alpha value is -0.0800. The minimum atomic E-state index is -0.556. The Labute approximate surface area is 74.9 Å². The highest BCUT2D eigenvalue weighted by Gasteiger charge is 2.47. The van der Waals surface area contributed by atoms with Gasteiger partial charge >= 0.3 is 0 Å². The van der Waals surface area contributed by atoms with E-state index >= 15 is 0 Å². The van der Waals surface area contributed by atoms with Crippen molar-refractivity contribution in [2.45, 2.75) is 52.4 Å². The summed E-state index contributed by atoms with van der Waals surface area (Å²) in [5.41, 5.74) is -0.0706. The standard InChI is InChI=1S/C10H20O2/c1-5-10(6-2)8(4)7(3)9(11)12-10/h7-9,11H,5-6H2,1-4H3. The molecule has 3 unspecified atom stereocenters. The van der Waals surface area contributed by atoms with Gasteiger partial charge in [-0.3, -0.25) is 0 Å². The lowest BCUT2D eigenvalue weighted by atomic mass is 9.79. The van der Waals surface area contributed by atoms with Crippen LogP contribution in [0.4, 0.5) is 0 Å². The van der Waals surface area contributed by atoms with Crippen molar-refractivity contribution < 1.29 is 9.84 Å². The lowest BCUT2D eigenvalue weighted by Crippen LogP contribution is -2.33. The molecule has 0 spiro atoms. The van der Waals surface area contributed by atoms with E-state index in [2.05, 4.69) is 27.7 Å². The lowest BCUT2D eigenvalue weighted by molar-refractivity contribution is -0.151. The molecule has 1 N–H and O–H groups in total. The first kappa shape index (κ1) is 10.0. The van der Waals surface area contributed by atoms with Gasteiger partial charge in [0.15, 0.2) is 6.29 Å². The predicted molar refractivity (Wildman–Crippen MR) is 48.7 cm³/mol. The highest BCUT2D eigenvalue weighted by atomic mass is 16.6. The van der Waals surface area contributed by atoms with Crippen molar-refractivity contribution in [2.24, 2.45) is 11.8 Å². The highest BCUT2D eigenvalue weighted by molar-refractivity contribution is 4.93. The molecule has 12 heavy (non-hydrogen) atoms. The topological polar surface area (TPSA) is 29.5 Å². The van der Waals surface area contributed by atoms with Gasteiger partial charge < -0.3 is 9.84 Å². The third kappa shape index (κ3) is 1.27. The molecular weight excluding hydrogens is 152 g/mol. The van der Waals surface area contributed by atoms with E-state index < -0.39 is 6.29 Å². The minimum absolute atomic E-state index is 0.0706. The first-order valence-electron chi connectivity index (χ1n) is 4.93. The van der Waals surface area contributed by atoms with Gasteiger partial charge in [0.2, 0.25) is 0 Å². The van der Waals surface area contributed by atoms with E-state index in [1.54, 1.807) is 0 Å². The van der Waals surface area contributed by atoms with E-state index in [9.17, 15) is 5.11 Å². The highest BCUT2D eigenvalue weighted by Crippen LogP contribution is 2.43. The molecule has 3 atom stereocenters. The summed E-state index contributed by atoms with van der Waals surface area (Å²) in [4.78, 5) is 0. The second kappa shape index (κ2) is 3.35. The van der Waals surface area contributed by atoms with Crippen LogP contribution in [0.15, 0.2) is 0 Å². The predicted octanol–water partition coefficient (Wildman–Crippen LogP) is 2.17. The lowest BCUT2D eigenvalue weighted by Gasteiger charge is -2.30. The fourth-order valence-electron chi connectivity index (χ4n) is 2.24. The van der Waals surface area contributed by atoms with Gasteiger partial charge in [-0.1, -0.05) is 27.7 Å². The molecular formula is C10H20O2. The van der Waals surface area contributed by atoms with Gasteiger partial charge in [-0.05, 0) is 18.8 Å². The van der Waals surface area contributed by atoms with Gasteiger partial charge in [-0.15, -0.1) is 0 Å². The van der Waals surface area contributed by atoms with Crippen LogP contribution in [0.5, 0.6) is 0 Å². The van der Waals surface area contributed by atoms with E-state index in [-0.39, 0.29) is 11.5 Å². The summed E-state index contributed by atoms with van der Waals surface area (Å²) in [6, 6.07) is 0. The maximum absolute atomic E-state index is 9.54. The number of aliphatic hydroxyl groups is 1. The second-order valence-corrected chi connectivity index (χ2v) is 3.93. The SMILES string of the molecule is CCC1(CC)OC(O)C(C)C1C. The van der Waals surface area contributed by atoms with Crippen LogP contribution in [-0.2, 0) is 4.74 Å². The molecule has 1 aliphatic heterocycles. The summed E-state index contributed by atoms with van der Waals surface area (Å²) in [6.07, 6.45) is 1.43. The molecule has 1 saturated heterocycles. The Morgan fingerprint density at radius 3 is 1.92 bits per heavy atom. The van der Waals surface area contributed by atoms with E-state index in [1.807, 2.05) is 0 Å². The first-order chi connectivity index (χ1) is 5.57. The van der Waals surface area contributed by atoms with Gasteiger partial charge in [0.25, 0.3) is 0 Å². The monoisotopic (exact) mass is 172 g/mol. The summed E-state index contributed by atoms with van der Waals surface area (Å²) in [5.74, 6) is 0.729. The summed E-state index contributed by atoms with van der Waals surface area (Å²) < 4.78 is 5.63. The zero-order valence-electron chi connectivity index (χ0n) is 8.50. The van der Waals surface area contributed by atoms with Crippen LogP contribution >= 0.6 is 0 Å². The van der Waals surface area contributed by atoms with Crippen LogP contribution < -0.4 is 0 Å². The molecule has 0 aromatic rings. The largest absolute Gasteiger partial charge is 0.368 e. The molecule has 72 valence electrons. The molecule has 1 fully saturated rings. The van der Waals surface area contributed by atoms with Crippen molar-refractivity contribution in [3.8, 4) is 0 Å². The summed E-state index contributed by atoms with van der Waals surface area (Å²) in [6.45, 7) is 8.49. The van der Waals surface area contributed by atoms with Crippen molar-refractivity contribution in [2.75, 3.05) is 0 Å². The zero-order chi connectivity index (χ0) is 9.35. The van der Waals surface area contributed by atoms with Crippen molar-refractivity contribution in [1.29, 1.82) is 0 Å². The second-order valence-electron chi connectivity index (χ2n) is 3.93. The van der Waals surface area contributed by atoms with Gasteiger partial charge in [-0.2, -0.15) is 0 Å². The van der Waals surface area contributed by atoms with Crippen LogP contribution in [0.2, 0.25) is 0 Å². The van der Waals surface area contributed by atoms with Gasteiger partial charge in [0.1, 0.15) is 0 Å². The normalized spacial score (nSPS) is 40.2. The average molecular weight is 172 g/mol. The molecule has 0 aliphatic carbocycles. The van der Waals surface area contributed by atoms with E-state index in [0.29, 0.717) is 5.92 Å². The molecule has 2 heteroatoms. The molecule has 0 radical (unpaired) electrons. The molecule has 1 heterocycles. The van der Waals surface area contributed by atoms with Gasteiger partial charge in [0, 0.05) is 5.92 Å². The fourth-order valence-corrected chi connectivity index (χ4v) is 2.24. The Morgan fingerprint density at radius 1 is 1.25 bits per heavy atom. The first-order valence-corrected chi connectivity index (χ1v) is 4.93. The molecule has 1 rings (SSSR count). The maximum atomic E-state index is 9.54. The van der Waals surface area contributed by atoms with E-state index in [4.69, 9.17) is 4.74 Å². The Bertz CT molecular complexity index is 152. The Morgan fingerprint density at radius 2 is 1.75 bits per heavy atom. The van der Waals surface area contributed by atoms with Crippen LogP contribution in [0.25, 0.3) is 0 Å². The van der Waals surface area contributed by atoms with E-state index in [1.165, 1.54) is 0 Å². The molecule has 1 aliphatic rings. The maximum Gasteiger partial charge on any atom is 0.158 e. The molecule has 0 aromatic carbocycles. The molecule has 0 saturated carbocycles. The van der Waals surface area contributed by atoms with Gasteiger partial charge in [0.05, 0.1) is 5.60 Å². The Balaban J connectivity index is 2.79. The van der Waals surface area contributed by atoms with Crippen molar-refractivity contribution in [3.63, 3.8) is 0 Å². The third-order valence-corrected chi connectivity index (χ3v) is 3.62. The molecule has 0 bridgehead atoms. The quantitative estimate of drug-likeness (QED) is 0.691. The Kier molecular flexibility index (Phi) is 2.79. The van der Waals surface area contributed by atoms with Crippen molar-refractivity contribution in [1.82, 2.24) is 0 Å². The van der Waals surface area contributed by atoms with Gasteiger partial charge in [-0.25, -0.2) is 0 Å². The molecule has 0 aromatic heterocycles. The number of rotatable bonds is 2. The smallest absolute Gasteiger partial charge is 0.158 e. The van der Waals surface area contributed by atoms with Crippen LogP contribution in [0.1, 0.15) is 40.5 Å². The number of ether oxygens (including phenoxy) is 1. The van der Waals surface area contributed by atoms with Crippen LogP contribution in [-0.4, -0.2) is 17.0 Å². The van der Waals surface area contributed by atoms with Crippen LogP contribution in [0.3, 0.4) is 0 Å². The summed E-state index contributed by atoms with van der Waals surface area (Å²) >= 11 is 0. The van der Waals surface area contributed by atoms with Crippen molar-refractivity contribution in [3.05, 3.63) is 0 Å². The number of aliphatic hydroxyl groups excluding tert-OH is 1. The average Bonchev–Trinajstić information content (AvgIpc) is 2.30. The summed E-state index contributed by atoms with van der Waals surface area (Å²) in [7, 11) is 0. The molecule has 2 nitrogen and oxygen atoms in total. The molecule has 0 amide bonds. The fraction of sp³-hybridized carbons (Fsp3) is 1.00. The zero-order valence-corrected chi connectivity index (χ0v) is 8.50. The minimum Gasteiger partial charge on any atom is -0.368 e. The number of hydrogen-bond acceptors (Lipinski definition) is 2.